The van der Waals surface area contributed by atoms with Crippen LogP contribution >= 0.6 is 0 Å². The molecule has 126 valence electrons. The van der Waals surface area contributed by atoms with E-state index in [4.69, 9.17) is 19.6 Å². The zero-order chi connectivity index (χ0) is 16.1. The average Bonchev–Trinajstić information content (AvgIpc) is 2.34. The van der Waals surface area contributed by atoms with Crippen LogP contribution in [0.2, 0.25) is 0 Å². The van der Waals surface area contributed by atoms with Gasteiger partial charge in [-0.3, -0.25) is 0 Å². The molecule has 0 aromatic rings. The van der Waals surface area contributed by atoms with Gasteiger partial charge < -0.3 is 0 Å². The van der Waals surface area contributed by atoms with E-state index < -0.39 is 5.79 Å². The molecule has 0 spiro atoms. The van der Waals surface area contributed by atoms with Crippen molar-refractivity contribution in [3.8, 4) is 0 Å². The minimum atomic E-state index is -0.779. The summed E-state index contributed by atoms with van der Waals surface area (Å²) in [4.78, 5) is 22.6. The van der Waals surface area contributed by atoms with Crippen molar-refractivity contribution in [2.24, 2.45) is 5.92 Å². The first-order valence-electron chi connectivity index (χ1n) is 8.29. The van der Waals surface area contributed by atoms with E-state index in [0.29, 0.717) is 5.92 Å². The van der Waals surface area contributed by atoms with Crippen LogP contribution in [0.1, 0.15) is 87.0 Å². The van der Waals surface area contributed by atoms with E-state index in [9.17, 15) is 0 Å². The SMILES string of the molecule is CCCC1CCCC(OOC(C)(C)C)(OOC(C)(C)C)C1. The fraction of sp³-hybridized carbons (Fsp3) is 1.00. The first kappa shape index (κ1) is 18.9. The second-order valence-electron chi connectivity index (χ2n) is 8.22. The smallest absolute Gasteiger partial charge is 0.228 e. The molecule has 0 aromatic carbocycles. The second kappa shape index (κ2) is 7.40. The number of hydrogen-bond donors (Lipinski definition) is 0. The van der Waals surface area contributed by atoms with E-state index in [-0.39, 0.29) is 11.2 Å². The Bertz CT molecular complexity index is 281. The summed E-state index contributed by atoms with van der Waals surface area (Å²) in [6, 6.07) is 0. The van der Waals surface area contributed by atoms with Gasteiger partial charge in [-0.25, -0.2) is 9.78 Å². The van der Waals surface area contributed by atoms with Crippen molar-refractivity contribution in [1.29, 1.82) is 0 Å². The minimum Gasteiger partial charge on any atom is -0.228 e. The van der Waals surface area contributed by atoms with Crippen LogP contribution in [0.5, 0.6) is 0 Å². The summed E-state index contributed by atoms with van der Waals surface area (Å²) in [5.74, 6) is -0.172. The third kappa shape index (κ3) is 7.59. The normalized spacial score (nSPS) is 23.3. The van der Waals surface area contributed by atoms with E-state index in [1.54, 1.807) is 0 Å². The first-order valence-corrected chi connectivity index (χ1v) is 8.29. The fourth-order valence-corrected chi connectivity index (χ4v) is 2.53. The molecule has 1 rings (SSSR count). The summed E-state index contributed by atoms with van der Waals surface area (Å²) in [5.41, 5.74) is -0.731. The molecule has 0 saturated heterocycles. The summed E-state index contributed by atoms with van der Waals surface area (Å²) < 4.78 is 0. The Labute approximate surface area is 130 Å². The Hall–Kier alpha value is -0.160. The van der Waals surface area contributed by atoms with Crippen molar-refractivity contribution in [1.82, 2.24) is 0 Å². The van der Waals surface area contributed by atoms with Crippen molar-refractivity contribution >= 4 is 0 Å². The third-order valence-electron chi connectivity index (χ3n) is 3.35. The summed E-state index contributed by atoms with van der Waals surface area (Å²) >= 11 is 0. The van der Waals surface area contributed by atoms with E-state index in [1.165, 1.54) is 19.3 Å². The molecule has 0 N–H and O–H groups in total. The Morgan fingerprint density at radius 1 is 0.952 bits per heavy atom. The molecule has 1 aliphatic rings. The highest BCUT2D eigenvalue weighted by Gasteiger charge is 2.43. The predicted octanol–water partition coefficient (Wildman–Crippen LogP) is 5.17. The van der Waals surface area contributed by atoms with E-state index >= 15 is 0 Å². The maximum atomic E-state index is 5.76. The fourth-order valence-electron chi connectivity index (χ4n) is 2.53. The highest BCUT2D eigenvalue weighted by atomic mass is 17.3. The molecule has 0 amide bonds. The van der Waals surface area contributed by atoms with E-state index in [1.807, 2.05) is 41.5 Å². The summed E-state index contributed by atoms with van der Waals surface area (Å²) in [7, 11) is 0. The molecule has 1 unspecified atom stereocenters. The van der Waals surface area contributed by atoms with Gasteiger partial charge in [-0.15, -0.1) is 0 Å². The Morgan fingerprint density at radius 3 is 1.90 bits per heavy atom. The minimum absolute atomic E-state index is 0.365. The van der Waals surface area contributed by atoms with Crippen molar-refractivity contribution in [3.63, 3.8) is 0 Å². The molecule has 1 saturated carbocycles. The molecule has 1 aliphatic carbocycles. The maximum Gasteiger partial charge on any atom is 0.234 e. The van der Waals surface area contributed by atoms with Crippen LogP contribution in [0.4, 0.5) is 0 Å². The van der Waals surface area contributed by atoms with Gasteiger partial charge in [0.2, 0.25) is 5.79 Å². The van der Waals surface area contributed by atoms with E-state index in [2.05, 4.69) is 6.92 Å². The monoisotopic (exact) mass is 302 g/mol. The molecule has 0 radical (unpaired) electrons. The Balaban J connectivity index is 2.72. The number of rotatable bonds is 6. The summed E-state index contributed by atoms with van der Waals surface area (Å²) in [6.45, 7) is 14.0. The highest BCUT2D eigenvalue weighted by Crippen LogP contribution is 2.40. The molecule has 21 heavy (non-hydrogen) atoms. The van der Waals surface area contributed by atoms with Crippen molar-refractivity contribution in [3.05, 3.63) is 0 Å². The third-order valence-corrected chi connectivity index (χ3v) is 3.35. The van der Waals surface area contributed by atoms with Gasteiger partial charge >= 0.3 is 0 Å². The summed E-state index contributed by atoms with van der Waals surface area (Å²) in [5, 5.41) is 0. The van der Waals surface area contributed by atoms with Crippen molar-refractivity contribution in [2.75, 3.05) is 0 Å². The topological polar surface area (TPSA) is 36.9 Å². The van der Waals surface area contributed by atoms with Crippen LogP contribution in [-0.2, 0) is 19.6 Å². The van der Waals surface area contributed by atoms with Crippen LogP contribution in [0.15, 0.2) is 0 Å². The molecule has 0 heterocycles. The van der Waals surface area contributed by atoms with Crippen LogP contribution < -0.4 is 0 Å². The van der Waals surface area contributed by atoms with Gasteiger partial charge in [-0.1, -0.05) is 26.2 Å². The quantitative estimate of drug-likeness (QED) is 0.385. The van der Waals surface area contributed by atoms with Crippen LogP contribution in [0, 0.1) is 5.92 Å². The highest BCUT2D eigenvalue weighted by molar-refractivity contribution is 4.79. The zero-order valence-corrected chi connectivity index (χ0v) is 15.0. The van der Waals surface area contributed by atoms with Gasteiger partial charge in [0.25, 0.3) is 0 Å². The van der Waals surface area contributed by atoms with Gasteiger partial charge in [0.05, 0.1) is 11.2 Å². The molecule has 4 heteroatoms. The molecule has 0 aromatic heterocycles. The molecule has 0 bridgehead atoms. The Kier molecular flexibility index (Phi) is 6.66. The lowest BCUT2D eigenvalue weighted by Crippen LogP contribution is -2.44. The molecule has 4 nitrogen and oxygen atoms in total. The molecule has 1 fully saturated rings. The molecular formula is C17H34O4. The average molecular weight is 302 g/mol. The Morgan fingerprint density at radius 2 is 1.48 bits per heavy atom. The second-order valence-corrected chi connectivity index (χ2v) is 8.22. The number of hydrogen-bond acceptors (Lipinski definition) is 4. The molecule has 0 aliphatic heterocycles. The van der Waals surface area contributed by atoms with Crippen LogP contribution in [-0.4, -0.2) is 17.0 Å². The van der Waals surface area contributed by atoms with Crippen LogP contribution in [0.3, 0.4) is 0 Å². The molecular weight excluding hydrogens is 268 g/mol. The van der Waals surface area contributed by atoms with Gasteiger partial charge in [0, 0.05) is 12.8 Å². The van der Waals surface area contributed by atoms with Gasteiger partial charge in [-0.05, 0) is 53.9 Å². The lowest BCUT2D eigenvalue weighted by molar-refractivity contribution is -0.547. The standard InChI is InChI=1S/C17H34O4/c1-8-10-14-11-9-12-17(13-14,20-18-15(2,3)4)21-19-16(5,6)7/h14H,8-13H2,1-7H3. The van der Waals surface area contributed by atoms with Gasteiger partial charge in [0.15, 0.2) is 0 Å². The van der Waals surface area contributed by atoms with Gasteiger partial charge in [-0.2, -0.15) is 9.78 Å². The molecule has 1 atom stereocenters. The summed E-state index contributed by atoms with van der Waals surface area (Å²) in [6.07, 6.45) is 6.31. The van der Waals surface area contributed by atoms with Gasteiger partial charge in [0.1, 0.15) is 0 Å². The lowest BCUT2D eigenvalue weighted by atomic mass is 9.82. The van der Waals surface area contributed by atoms with Crippen LogP contribution in [0.25, 0.3) is 0 Å². The largest absolute Gasteiger partial charge is 0.234 e. The lowest BCUT2D eigenvalue weighted by Gasteiger charge is -2.40. The van der Waals surface area contributed by atoms with E-state index in [0.717, 1.165) is 19.3 Å². The zero-order valence-electron chi connectivity index (χ0n) is 15.0. The van der Waals surface area contributed by atoms with Crippen molar-refractivity contribution in [2.45, 2.75) is 104 Å². The first-order chi connectivity index (χ1) is 9.55. The van der Waals surface area contributed by atoms with Crippen molar-refractivity contribution < 1.29 is 19.6 Å². The predicted molar refractivity (Wildman–Crippen MR) is 83.4 cm³/mol. The maximum absolute atomic E-state index is 5.76.